The van der Waals surface area contributed by atoms with E-state index >= 15 is 0 Å². The summed E-state index contributed by atoms with van der Waals surface area (Å²) in [5.74, 6) is 0.348. The summed E-state index contributed by atoms with van der Waals surface area (Å²) < 4.78 is 1.00. The van der Waals surface area contributed by atoms with Crippen molar-refractivity contribution in [3.8, 4) is 39.7 Å². The van der Waals surface area contributed by atoms with Crippen molar-refractivity contribution in [3.63, 3.8) is 0 Å². The number of hydrogen-bond donors (Lipinski definition) is 1. The first-order chi connectivity index (χ1) is 18.6. The lowest BCUT2D eigenvalue weighted by molar-refractivity contribution is -0.115. The van der Waals surface area contributed by atoms with Gasteiger partial charge in [-0.2, -0.15) is 5.26 Å². The van der Waals surface area contributed by atoms with Crippen LogP contribution in [0.15, 0.2) is 106 Å². The highest BCUT2D eigenvalue weighted by Crippen LogP contribution is 2.34. The van der Waals surface area contributed by atoms with E-state index in [0.29, 0.717) is 21.5 Å². The van der Waals surface area contributed by atoms with E-state index in [9.17, 15) is 10.1 Å². The summed E-state index contributed by atoms with van der Waals surface area (Å²) in [6.07, 6.45) is 0.265. The van der Waals surface area contributed by atoms with Crippen molar-refractivity contribution < 1.29 is 4.79 Å². The van der Waals surface area contributed by atoms with Gasteiger partial charge in [0.25, 0.3) is 0 Å². The summed E-state index contributed by atoms with van der Waals surface area (Å²) in [6.45, 7) is 0. The number of halogens is 1. The summed E-state index contributed by atoms with van der Waals surface area (Å²) in [7, 11) is 0. The normalized spacial score (nSPS) is 10.6. The monoisotopic (exact) mass is 596 g/mol. The van der Waals surface area contributed by atoms with Crippen LogP contribution in [0.1, 0.15) is 12.0 Å². The van der Waals surface area contributed by atoms with Gasteiger partial charge in [-0.1, -0.05) is 88.7 Å². The first-order valence-electron chi connectivity index (χ1n) is 11.8. The molecule has 8 heteroatoms. The van der Waals surface area contributed by atoms with E-state index in [-0.39, 0.29) is 12.3 Å². The Morgan fingerprint density at radius 3 is 2.24 bits per heavy atom. The molecule has 0 fully saturated rings. The number of benzene rings is 3. The van der Waals surface area contributed by atoms with Gasteiger partial charge in [-0.15, -0.1) is 23.1 Å². The standard InChI is InChI=1S/C30H21BrN4OS2/c31-23-13-11-22(12-14-23)27-19-38-30(34-27)35-28(36)15-16-37-29-25(18-32)24(20-7-3-1-4-8-20)17-26(33-29)21-9-5-2-6-10-21/h1-14,17,19H,15-16H2,(H,34,35,36). The Morgan fingerprint density at radius 1 is 0.895 bits per heavy atom. The fraction of sp³-hybridized carbons (Fsp3) is 0.0667. The molecule has 2 aromatic heterocycles. The zero-order valence-electron chi connectivity index (χ0n) is 20.1. The first-order valence-corrected chi connectivity index (χ1v) is 14.5. The number of thiazole rings is 1. The van der Waals surface area contributed by atoms with E-state index in [4.69, 9.17) is 4.98 Å². The molecule has 3 aromatic carbocycles. The van der Waals surface area contributed by atoms with E-state index < -0.39 is 0 Å². The second-order valence-electron chi connectivity index (χ2n) is 8.27. The van der Waals surface area contributed by atoms with Crippen LogP contribution in [0, 0.1) is 11.3 Å². The molecular formula is C30H21BrN4OS2. The third kappa shape index (κ3) is 6.20. The van der Waals surface area contributed by atoms with Crippen LogP contribution in [0.2, 0.25) is 0 Å². The second kappa shape index (κ2) is 12.2. The Hall–Kier alpha value is -3.77. The highest BCUT2D eigenvalue weighted by Gasteiger charge is 2.16. The molecule has 5 aromatic rings. The molecule has 0 spiro atoms. The molecule has 38 heavy (non-hydrogen) atoms. The van der Waals surface area contributed by atoms with Crippen LogP contribution in [0.3, 0.4) is 0 Å². The van der Waals surface area contributed by atoms with Crippen LogP contribution in [-0.4, -0.2) is 21.6 Å². The quantitative estimate of drug-likeness (QED) is 0.182. The number of nitrogens with zero attached hydrogens (tertiary/aromatic N) is 3. The molecule has 0 aliphatic rings. The van der Waals surface area contributed by atoms with Crippen LogP contribution < -0.4 is 5.32 Å². The van der Waals surface area contributed by atoms with Gasteiger partial charge in [0, 0.05) is 38.7 Å². The molecule has 0 aliphatic heterocycles. The molecule has 1 N–H and O–H groups in total. The number of anilines is 1. The van der Waals surface area contributed by atoms with Gasteiger partial charge in [0.05, 0.1) is 17.0 Å². The van der Waals surface area contributed by atoms with E-state index in [1.807, 2.05) is 96.4 Å². The molecule has 0 saturated carbocycles. The molecule has 0 saturated heterocycles. The zero-order chi connectivity index (χ0) is 26.3. The molecule has 5 nitrogen and oxygen atoms in total. The minimum absolute atomic E-state index is 0.129. The molecule has 5 rings (SSSR count). The van der Waals surface area contributed by atoms with Crippen molar-refractivity contribution >= 4 is 50.1 Å². The number of pyridine rings is 1. The molecule has 0 aliphatic carbocycles. The van der Waals surface area contributed by atoms with Crippen molar-refractivity contribution in [1.82, 2.24) is 9.97 Å². The van der Waals surface area contributed by atoms with Crippen molar-refractivity contribution in [2.75, 3.05) is 11.1 Å². The van der Waals surface area contributed by atoms with Gasteiger partial charge in [-0.3, -0.25) is 4.79 Å². The topological polar surface area (TPSA) is 78.7 Å². The lowest BCUT2D eigenvalue weighted by Crippen LogP contribution is -2.12. The Balaban J connectivity index is 1.31. The second-order valence-corrected chi connectivity index (χ2v) is 11.1. The average molecular weight is 598 g/mol. The van der Waals surface area contributed by atoms with Gasteiger partial charge in [0.1, 0.15) is 11.1 Å². The highest BCUT2D eigenvalue weighted by atomic mass is 79.9. The molecule has 0 unspecified atom stereocenters. The van der Waals surface area contributed by atoms with Gasteiger partial charge in [0.15, 0.2) is 5.13 Å². The molecule has 0 bridgehead atoms. The number of hydrogen-bond acceptors (Lipinski definition) is 6. The predicted molar refractivity (Wildman–Crippen MR) is 159 cm³/mol. The Morgan fingerprint density at radius 2 is 1.55 bits per heavy atom. The number of nitriles is 1. The fourth-order valence-electron chi connectivity index (χ4n) is 3.84. The van der Waals surface area contributed by atoms with Gasteiger partial charge in [0.2, 0.25) is 5.91 Å². The Labute approximate surface area is 237 Å². The van der Waals surface area contributed by atoms with Crippen molar-refractivity contribution in [1.29, 1.82) is 5.26 Å². The van der Waals surface area contributed by atoms with Crippen molar-refractivity contribution in [2.45, 2.75) is 11.4 Å². The number of carbonyl (C=O) groups is 1. The van der Waals surface area contributed by atoms with E-state index in [1.165, 1.54) is 23.1 Å². The number of nitrogens with one attached hydrogen (secondary N) is 1. The van der Waals surface area contributed by atoms with Crippen LogP contribution >= 0.6 is 39.0 Å². The third-order valence-electron chi connectivity index (χ3n) is 5.71. The molecule has 186 valence electrons. The molecule has 0 atom stereocenters. The Bertz CT molecular complexity index is 1600. The zero-order valence-corrected chi connectivity index (χ0v) is 23.3. The third-order valence-corrected chi connectivity index (χ3v) is 7.97. The molecular weight excluding hydrogens is 576 g/mol. The van der Waals surface area contributed by atoms with Crippen LogP contribution in [0.25, 0.3) is 33.6 Å². The van der Waals surface area contributed by atoms with Crippen LogP contribution in [0.5, 0.6) is 0 Å². The first kappa shape index (κ1) is 25.9. The minimum atomic E-state index is -0.129. The fourth-order valence-corrected chi connectivity index (χ4v) is 5.79. The summed E-state index contributed by atoms with van der Waals surface area (Å²) in [5, 5.41) is 16.0. The summed E-state index contributed by atoms with van der Waals surface area (Å²) in [5.41, 5.74) is 5.87. The summed E-state index contributed by atoms with van der Waals surface area (Å²) in [4.78, 5) is 22.0. The minimum Gasteiger partial charge on any atom is -0.302 e. The summed E-state index contributed by atoms with van der Waals surface area (Å²) >= 11 is 6.25. The molecule has 1 amide bonds. The van der Waals surface area contributed by atoms with Crippen LogP contribution in [-0.2, 0) is 4.79 Å². The van der Waals surface area contributed by atoms with Gasteiger partial charge in [-0.05, 0) is 23.8 Å². The number of aromatic nitrogens is 2. The summed E-state index contributed by atoms with van der Waals surface area (Å²) in [6, 6.07) is 31.9. The lowest BCUT2D eigenvalue weighted by atomic mass is 9.99. The average Bonchev–Trinajstić information content (AvgIpc) is 3.42. The number of amides is 1. The SMILES string of the molecule is N#Cc1c(-c2ccccc2)cc(-c2ccccc2)nc1SCCC(=O)Nc1nc(-c2ccc(Br)cc2)cs1. The molecule has 2 heterocycles. The smallest absolute Gasteiger partial charge is 0.226 e. The highest BCUT2D eigenvalue weighted by molar-refractivity contribution is 9.10. The maximum Gasteiger partial charge on any atom is 0.226 e. The van der Waals surface area contributed by atoms with E-state index in [0.717, 1.165) is 38.1 Å². The maximum absolute atomic E-state index is 12.7. The molecule has 0 radical (unpaired) electrons. The lowest BCUT2D eigenvalue weighted by Gasteiger charge is -2.12. The van der Waals surface area contributed by atoms with Crippen LogP contribution in [0.4, 0.5) is 5.13 Å². The van der Waals surface area contributed by atoms with Gasteiger partial charge < -0.3 is 5.32 Å². The van der Waals surface area contributed by atoms with Crippen molar-refractivity contribution in [2.24, 2.45) is 0 Å². The van der Waals surface area contributed by atoms with Gasteiger partial charge in [-0.25, -0.2) is 9.97 Å². The van der Waals surface area contributed by atoms with Gasteiger partial charge >= 0.3 is 0 Å². The largest absolute Gasteiger partial charge is 0.302 e. The predicted octanol–water partition coefficient (Wildman–Crippen LogP) is 8.29. The van der Waals surface area contributed by atoms with E-state index in [1.54, 1.807) is 0 Å². The number of carbonyl (C=O) groups excluding carboxylic acids is 1. The number of thioether (sulfide) groups is 1. The van der Waals surface area contributed by atoms with E-state index in [2.05, 4.69) is 32.3 Å². The maximum atomic E-state index is 12.7. The number of rotatable bonds is 8. The van der Waals surface area contributed by atoms with Crippen molar-refractivity contribution in [3.05, 3.63) is 106 Å². The Kier molecular flexibility index (Phi) is 8.29.